The summed E-state index contributed by atoms with van der Waals surface area (Å²) in [5.41, 5.74) is 8.29. The first-order chi connectivity index (χ1) is 12.9. The maximum atomic E-state index is 13.0. The van der Waals surface area contributed by atoms with E-state index in [1.54, 1.807) is 4.90 Å². The van der Waals surface area contributed by atoms with E-state index in [-0.39, 0.29) is 30.2 Å². The van der Waals surface area contributed by atoms with Gasteiger partial charge in [-0.15, -0.1) is 0 Å². The molecule has 1 unspecified atom stereocenters. The number of amides is 3. The largest absolute Gasteiger partial charge is 0.369 e. The second kappa shape index (κ2) is 8.08. The highest BCUT2D eigenvalue weighted by Crippen LogP contribution is 2.35. The fourth-order valence-electron chi connectivity index (χ4n) is 3.92. The van der Waals surface area contributed by atoms with Crippen molar-refractivity contribution in [2.75, 3.05) is 18.0 Å². The molecule has 3 N–H and O–H groups in total. The summed E-state index contributed by atoms with van der Waals surface area (Å²) in [5.74, 6) is -0.781. The standard InChI is InChI=1S/C20H28N4O3/c1-13(2)23(11-4-3-10-21)16-7-5-6-14-15(16)12-24(20(14)27)17-8-9-18(25)22-19(17)26/h5-7,13,17H,3-4,8-12,21H2,1-2H3,(H,22,25,26). The predicted octanol–water partition coefficient (Wildman–Crippen LogP) is 1.40. The Morgan fingerprint density at radius 3 is 2.70 bits per heavy atom. The van der Waals surface area contributed by atoms with Gasteiger partial charge in [-0.2, -0.15) is 0 Å². The van der Waals surface area contributed by atoms with E-state index in [4.69, 9.17) is 5.73 Å². The zero-order valence-electron chi connectivity index (χ0n) is 16.0. The third kappa shape index (κ3) is 3.83. The van der Waals surface area contributed by atoms with Gasteiger partial charge in [0.1, 0.15) is 6.04 Å². The van der Waals surface area contributed by atoms with Gasteiger partial charge in [0.05, 0.1) is 0 Å². The summed E-state index contributed by atoms with van der Waals surface area (Å²) in [6.07, 6.45) is 2.59. The van der Waals surface area contributed by atoms with Crippen LogP contribution in [0.4, 0.5) is 5.69 Å². The molecule has 2 aliphatic heterocycles. The highest BCUT2D eigenvalue weighted by molar-refractivity contribution is 6.06. The van der Waals surface area contributed by atoms with Gasteiger partial charge in [0.25, 0.3) is 5.91 Å². The van der Waals surface area contributed by atoms with E-state index in [1.807, 2.05) is 18.2 Å². The molecule has 0 aromatic heterocycles. The maximum Gasteiger partial charge on any atom is 0.255 e. The molecular formula is C20H28N4O3. The smallest absolute Gasteiger partial charge is 0.255 e. The Labute approximate surface area is 159 Å². The molecule has 1 aromatic rings. The number of carbonyl (C=O) groups excluding carboxylic acids is 3. The lowest BCUT2D eigenvalue weighted by Crippen LogP contribution is -2.52. The first-order valence-corrected chi connectivity index (χ1v) is 9.67. The molecule has 1 atom stereocenters. The van der Waals surface area contributed by atoms with E-state index < -0.39 is 6.04 Å². The minimum Gasteiger partial charge on any atom is -0.369 e. The number of nitrogens with two attached hydrogens (primary N) is 1. The summed E-state index contributed by atoms with van der Waals surface area (Å²) in [7, 11) is 0. The maximum absolute atomic E-state index is 13.0. The second-order valence-electron chi connectivity index (χ2n) is 7.49. The monoisotopic (exact) mass is 372 g/mol. The molecule has 146 valence electrons. The Morgan fingerprint density at radius 2 is 2.04 bits per heavy atom. The molecule has 27 heavy (non-hydrogen) atoms. The van der Waals surface area contributed by atoms with Crippen LogP contribution in [0.25, 0.3) is 0 Å². The van der Waals surface area contributed by atoms with Gasteiger partial charge in [0.15, 0.2) is 0 Å². The van der Waals surface area contributed by atoms with Crippen molar-refractivity contribution < 1.29 is 14.4 Å². The van der Waals surface area contributed by atoms with Gasteiger partial charge < -0.3 is 15.5 Å². The fraction of sp³-hybridized carbons (Fsp3) is 0.550. The van der Waals surface area contributed by atoms with Crippen molar-refractivity contribution in [2.24, 2.45) is 5.73 Å². The van der Waals surface area contributed by atoms with Crippen molar-refractivity contribution in [3.63, 3.8) is 0 Å². The van der Waals surface area contributed by atoms with Gasteiger partial charge >= 0.3 is 0 Å². The summed E-state index contributed by atoms with van der Waals surface area (Å²) in [6.45, 7) is 6.21. The molecule has 1 saturated heterocycles. The average molecular weight is 372 g/mol. The number of nitrogens with one attached hydrogen (secondary N) is 1. The Morgan fingerprint density at radius 1 is 1.26 bits per heavy atom. The van der Waals surface area contributed by atoms with Crippen LogP contribution in [0.5, 0.6) is 0 Å². The zero-order valence-corrected chi connectivity index (χ0v) is 16.0. The summed E-state index contributed by atoms with van der Waals surface area (Å²) >= 11 is 0. The summed E-state index contributed by atoms with van der Waals surface area (Å²) in [4.78, 5) is 40.5. The minimum absolute atomic E-state index is 0.132. The van der Waals surface area contributed by atoms with E-state index in [9.17, 15) is 14.4 Å². The number of unbranched alkanes of at least 4 members (excludes halogenated alkanes) is 1. The molecule has 1 aromatic carbocycles. The van der Waals surface area contributed by atoms with Crippen LogP contribution in [-0.4, -0.2) is 47.8 Å². The Hall–Kier alpha value is -2.41. The number of benzene rings is 1. The molecule has 0 radical (unpaired) electrons. The van der Waals surface area contributed by atoms with Gasteiger partial charge in [-0.3, -0.25) is 19.7 Å². The van der Waals surface area contributed by atoms with Crippen LogP contribution in [0.2, 0.25) is 0 Å². The molecule has 0 saturated carbocycles. The fourth-order valence-corrected chi connectivity index (χ4v) is 3.92. The topological polar surface area (TPSA) is 95.7 Å². The summed E-state index contributed by atoms with van der Waals surface area (Å²) < 4.78 is 0. The highest BCUT2D eigenvalue weighted by atomic mass is 16.2. The lowest BCUT2D eigenvalue weighted by Gasteiger charge is -2.32. The number of piperidine rings is 1. The van der Waals surface area contributed by atoms with Crippen LogP contribution in [0.1, 0.15) is 55.5 Å². The Kier molecular flexibility index (Phi) is 5.79. The second-order valence-corrected chi connectivity index (χ2v) is 7.49. The highest BCUT2D eigenvalue weighted by Gasteiger charge is 2.40. The van der Waals surface area contributed by atoms with E-state index in [0.29, 0.717) is 25.1 Å². The van der Waals surface area contributed by atoms with Gasteiger partial charge in [0, 0.05) is 42.4 Å². The lowest BCUT2D eigenvalue weighted by molar-refractivity contribution is -0.136. The van der Waals surface area contributed by atoms with Crippen LogP contribution < -0.4 is 16.0 Å². The van der Waals surface area contributed by atoms with Crippen LogP contribution >= 0.6 is 0 Å². The van der Waals surface area contributed by atoms with Crippen LogP contribution in [0.15, 0.2) is 18.2 Å². The van der Waals surface area contributed by atoms with Crippen molar-refractivity contribution >= 4 is 23.4 Å². The van der Waals surface area contributed by atoms with Gasteiger partial charge in [-0.05, 0) is 51.8 Å². The third-order valence-electron chi connectivity index (χ3n) is 5.34. The van der Waals surface area contributed by atoms with E-state index >= 15 is 0 Å². The number of carbonyl (C=O) groups is 3. The SMILES string of the molecule is CC(C)N(CCCCN)c1cccc2c1CN(C1CCC(=O)NC1=O)C2=O. The molecular weight excluding hydrogens is 344 g/mol. The summed E-state index contributed by atoms with van der Waals surface area (Å²) in [5, 5.41) is 2.35. The number of rotatable bonds is 7. The molecule has 3 amide bonds. The average Bonchev–Trinajstić information content (AvgIpc) is 2.96. The van der Waals surface area contributed by atoms with E-state index in [2.05, 4.69) is 24.1 Å². The molecule has 0 bridgehead atoms. The van der Waals surface area contributed by atoms with Crippen LogP contribution in [-0.2, 0) is 16.1 Å². The summed E-state index contributed by atoms with van der Waals surface area (Å²) in [6, 6.07) is 5.47. The lowest BCUT2D eigenvalue weighted by atomic mass is 10.0. The zero-order chi connectivity index (χ0) is 19.6. The van der Waals surface area contributed by atoms with Crippen LogP contribution in [0, 0.1) is 0 Å². The minimum atomic E-state index is -0.583. The number of hydrogen-bond donors (Lipinski definition) is 2. The first-order valence-electron chi connectivity index (χ1n) is 9.67. The van der Waals surface area contributed by atoms with Gasteiger partial charge in [-0.1, -0.05) is 6.07 Å². The van der Waals surface area contributed by atoms with Crippen molar-refractivity contribution in [1.29, 1.82) is 0 Å². The number of imide groups is 1. The quantitative estimate of drug-likeness (QED) is 0.557. The molecule has 7 heteroatoms. The van der Waals surface area contributed by atoms with Gasteiger partial charge in [-0.25, -0.2) is 0 Å². The molecule has 2 aliphatic rings. The third-order valence-corrected chi connectivity index (χ3v) is 5.34. The van der Waals surface area contributed by atoms with Crippen molar-refractivity contribution in [3.05, 3.63) is 29.3 Å². The molecule has 0 spiro atoms. The Bertz CT molecular complexity index is 747. The van der Waals surface area contributed by atoms with Crippen LogP contribution in [0.3, 0.4) is 0 Å². The van der Waals surface area contributed by atoms with Crippen molar-refractivity contribution in [2.45, 2.75) is 58.2 Å². The molecule has 1 fully saturated rings. The number of anilines is 1. The normalized spacial score (nSPS) is 19.5. The van der Waals surface area contributed by atoms with Crippen molar-refractivity contribution in [3.8, 4) is 0 Å². The molecule has 2 heterocycles. The number of hydrogen-bond acceptors (Lipinski definition) is 5. The predicted molar refractivity (Wildman–Crippen MR) is 103 cm³/mol. The number of nitrogens with zero attached hydrogens (tertiary/aromatic N) is 2. The molecule has 3 rings (SSSR count). The van der Waals surface area contributed by atoms with Crippen molar-refractivity contribution in [1.82, 2.24) is 10.2 Å². The Balaban J connectivity index is 1.86. The van der Waals surface area contributed by atoms with Gasteiger partial charge in [0.2, 0.25) is 11.8 Å². The first kappa shape index (κ1) is 19.4. The number of fused-ring (bicyclic) bond motifs is 1. The molecule has 7 nitrogen and oxygen atoms in total. The van der Waals surface area contributed by atoms with E-state index in [1.165, 1.54) is 0 Å². The van der Waals surface area contributed by atoms with E-state index in [0.717, 1.165) is 30.6 Å². The molecule has 0 aliphatic carbocycles.